The van der Waals surface area contributed by atoms with Crippen molar-refractivity contribution in [2.75, 3.05) is 12.3 Å². The number of hydrogen-bond donors (Lipinski definition) is 1. The molecular weight excluding hydrogens is 482 g/mol. The summed E-state index contributed by atoms with van der Waals surface area (Å²) < 4.78 is 13.4. The van der Waals surface area contributed by atoms with Crippen LogP contribution in [0, 0.1) is 11.7 Å². The highest BCUT2D eigenvalue weighted by Crippen LogP contribution is 2.41. The summed E-state index contributed by atoms with van der Waals surface area (Å²) in [6.45, 7) is 0.411. The van der Waals surface area contributed by atoms with Gasteiger partial charge in [0, 0.05) is 27.9 Å². The van der Waals surface area contributed by atoms with Gasteiger partial charge in [-0.3, -0.25) is 9.59 Å². The van der Waals surface area contributed by atoms with Crippen LogP contribution in [0.15, 0.2) is 42.5 Å². The standard InChI is InChI=1S/C25H27Cl2FN2O2S/c26-19-9-6-16(21(27)14-19)12-13-29-23(31)22-15-33-25(18-4-2-1-3-5-18)30(22)24(32)17-7-10-20(28)11-8-17/h6-11,14,18,22,25H,1-5,12-13,15H2,(H,29,31). The van der Waals surface area contributed by atoms with Crippen LogP contribution in [0.5, 0.6) is 0 Å². The molecule has 8 heteroatoms. The van der Waals surface area contributed by atoms with Crippen molar-refractivity contribution >= 4 is 46.8 Å². The number of benzene rings is 2. The SMILES string of the molecule is O=C(NCCc1ccc(Cl)cc1Cl)C1CSC(C2CCCCC2)N1C(=O)c1ccc(F)cc1. The van der Waals surface area contributed by atoms with Gasteiger partial charge in [0.1, 0.15) is 11.9 Å². The van der Waals surface area contributed by atoms with Crippen LogP contribution in [-0.4, -0.2) is 40.4 Å². The Hall–Kier alpha value is -1.76. The topological polar surface area (TPSA) is 49.4 Å². The lowest BCUT2D eigenvalue weighted by molar-refractivity contribution is -0.125. The molecule has 2 unspecified atom stereocenters. The number of rotatable bonds is 6. The summed E-state index contributed by atoms with van der Waals surface area (Å²) in [5.41, 5.74) is 1.31. The van der Waals surface area contributed by atoms with Gasteiger partial charge in [-0.15, -0.1) is 11.8 Å². The molecule has 1 saturated heterocycles. The van der Waals surface area contributed by atoms with E-state index >= 15 is 0 Å². The quantitative estimate of drug-likeness (QED) is 0.523. The molecule has 2 atom stereocenters. The average Bonchev–Trinajstić information content (AvgIpc) is 3.26. The van der Waals surface area contributed by atoms with Crippen molar-refractivity contribution in [1.82, 2.24) is 10.2 Å². The van der Waals surface area contributed by atoms with E-state index < -0.39 is 6.04 Å². The Morgan fingerprint density at radius 3 is 2.48 bits per heavy atom. The van der Waals surface area contributed by atoms with Crippen molar-refractivity contribution in [3.8, 4) is 0 Å². The lowest BCUT2D eigenvalue weighted by Gasteiger charge is -2.35. The van der Waals surface area contributed by atoms with E-state index in [9.17, 15) is 14.0 Å². The van der Waals surface area contributed by atoms with Gasteiger partial charge in [-0.05, 0) is 67.1 Å². The van der Waals surface area contributed by atoms with Crippen LogP contribution in [0.25, 0.3) is 0 Å². The van der Waals surface area contributed by atoms with Gasteiger partial charge >= 0.3 is 0 Å². The first-order valence-corrected chi connectivity index (χ1v) is 13.2. The minimum Gasteiger partial charge on any atom is -0.354 e. The molecule has 2 aromatic carbocycles. The zero-order valence-corrected chi connectivity index (χ0v) is 20.6. The number of nitrogens with one attached hydrogen (secondary N) is 1. The van der Waals surface area contributed by atoms with Gasteiger partial charge in [0.2, 0.25) is 5.91 Å². The molecule has 2 aliphatic rings. The Morgan fingerprint density at radius 2 is 1.79 bits per heavy atom. The number of carbonyl (C=O) groups is 2. The van der Waals surface area contributed by atoms with Gasteiger partial charge in [0.25, 0.3) is 5.91 Å². The van der Waals surface area contributed by atoms with Gasteiger partial charge in [0.15, 0.2) is 0 Å². The summed E-state index contributed by atoms with van der Waals surface area (Å²) >= 11 is 13.9. The Balaban J connectivity index is 1.47. The molecule has 1 N–H and O–H groups in total. The van der Waals surface area contributed by atoms with Crippen LogP contribution >= 0.6 is 35.0 Å². The van der Waals surface area contributed by atoms with E-state index in [4.69, 9.17) is 23.2 Å². The second kappa shape index (κ2) is 11.1. The van der Waals surface area contributed by atoms with E-state index in [-0.39, 0.29) is 23.0 Å². The number of amides is 2. The highest BCUT2D eigenvalue weighted by Gasteiger charge is 2.45. The fraction of sp³-hybridized carbons (Fsp3) is 0.440. The molecule has 1 aliphatic heterocycles. The highest BCUT2D eigenvalue weighted by atomic mass is 35.5. The maximum atomic E-state index is 13.5. The maximum absolute atomic E-state index is 13.5. The highest BCUT2D eigenvalue weighted by molar-refractivity contribution is 8.00. The first kappa shape index (κ1) is 24.4. The van der Waals surface area contributed by atoms with Crippen LogP contribution in [0.1, 0.15) is 48.0 Å². The fourth-order valence-electron chi connectivity index (χ4n) is 4.67. The summed E-state index contributed by atoms with van der Waals surface area (Å²) in [4.78, 5) is 28.4. The molecule has 33 heavy (non-hydrogen) atoms. The zero-order chi connectivity index (χ0) is 23.4. The van der Waals surface area contributed by atoms with Gasteiger partial charge in [-0.25, -0.2) is 4.39 Å². The Kier molecular flexibility index (Phi) is 8.20. The maximum Gasteiger partial charge on any atom is 0.255 e. The molecular formula is C25H27Cl2FN2O2S. The second-order valence-corrected chi connectivity index (χ2v) is 10.6. The van der Waals surface area contributed by atoms with Crippen molar-refractivity contribution in [2.45, 2.75) is 49.9 Å². The third-order valence-electron chi connectivity index (χ3n) is 6.42. The van der Waals surface area contributed by atoms with Crippen LogP contribution in [0.2, 0.25) is 10.0 Å². The fourth-order valence-corrected chi connectivity index (χ4v) is 6.82. The molecule has 4 nitrogen and oxygen atoms in total. The first-order valence-electron chi connectivity index (χ1n) is 11.4. The number of halogens is 3. The summed E-state index contributed by atoms with van der Waals surface area (Å²) in [6, 6.07) is 10.3. The normalized spacial score (nSPS) is 21.2. The first-order chi connectivity index (χ1) is 15.9. The zero-order valence-electron chi connectivity index (χ0n) is 18.2. The number of hydrogen-bond acceptors (Lipinski definition) is 3. The van der Waals surface area contributed by atoms with E-state index in [1.807, 2.05) is 6.07 Å². The molecule has 1 aliphatic carbocycles. The third-order valence-corrected chi connectivity index (χ3v) is 8.47. The lowest BCUT2D eigenvalue weighted by Crippen LogP contribution is -2.51. The molecule has 1 saturated carbocycles. The predicted octanol–water partition coefficient (Wildman–Crippen LogP) is 5.96. The van der Waals surface area contributed by atoms with Crippen LogP contribution in [0.3, 0.4) is 0 Å². The summed E-state index contributed by atoms with van der Waals surface area (Å²) in [5.74, 6) is 0.166. The second-order valence-electron chi connectivity index (χ2n) is 8.63. The van der Waals surface area contributed by atoms with Crippen molar-refractivity contribution in [3.63, 3.8) is 0 Å². The predicted molar refractivity (Wildman–Crippen MR) is 132 cm³/mol. The Bertz CT molecular complexity index is 998. The smallest absolute Gasteiger partial charge is 0.255 e. The van der Waals surface area contributed by atoms with Crippen molar-refractivity contribution in [1.29, 1.82) is 0 Å². The largest absolute Gasteiger partial charge is 0.354 e. The van der Waals surface area contributed by atoms with Crippen LogP contribution < -0.4 is 5.32 Å². The molecule has 1 heterocycles. The van der Waals surface area contributed by atoms with E-state index in [0.29, 0.717) is 40.2 Å². The number of carbonyl (C=O) groups excluding carboxylic acids is 2. The van der Waals surface area contributed by atoms with Crippen molar-refractivity contribution in [2.24, 2.45) is 5.92 Å². The third kappa shape index (κ3) is 5.84. The molecule has 0 aromatic heterocycles. The molecule has 176 valence electrons. The number of nitrogens with zero attached hydrogens (tertiary/aromatic N) is 1. The number of thioether (sulfide) groups is 1. The van der Waals surface area contributed by atoms with Crippen molar-refractivity contribution in [3.05, 3.63) is 69.5 Å². The van der Waals surface area contributed by atoms with Gasteiger partial charge < -0.3 is 10.2 Å². The van der Waals surface area contributed by atoms with Gasteiger partial charge in [0.05, 0.1) is 5.37 Å². The van der Waals surface area contributed by atoms with E-state index in [1.165, 1.54) is 30.7 Å². The molecule has 2 fully saturated rings. The average molecular weight is 509 g/mol. The van der Waals surface area contributed by atoms with E-state index in [2.05, 4.69) is 5.32 Å². The molecule has 0 bridgehead atoms. The lowest BCUT2D eigenvalue weighted by atomic mass is 9.88. The summed E-state index contributed by atoms with van der Waals surface area (Å²) in [5, 5.41) is 4.09. The molecule has 2 aromatic rings. The van der Waals surface area contributed by atoms with E-state index in [1.54, 1.807) is 28.8 Å². The summed E-state index contributed by atoms with van der Waals surface area (Å²) in [7, 11) is 0. The van der Waals surface area contributed by atoms with Crippen LogP contribution in [0.4, 0.5) is 4.39 Å². The molecule has 4 rings (SSSR count). The minimum atomic E-state index is -0.555. The Labute approximate surface area is 208 Å². The minimum absolute atomic E-state index is 0.0377. The Morgan fingerprint density at radius 1 is 1.06 bits per heavy atom. The molecule has 0 radical (unpaired) electrons. The van der Waals surface area contributed by atoms with Crippen molar-refractivity contribution < 1.29 is 14.0 Å². The van der Waals surface area contributed by atoms with Gasteiger partial charge in [-0.2, -0.15) is 0 Å². The molecule has 2 amide bonds. The summed E-state index contributed by atoms with van der Waals surface area (Å²) in [6.07, 6.45) is 6.22. The monoisotopic (exact) mass is 508 g/mol. The molecule has 0 spiro atoms. The van der Waals surface area contributed by atoms with E-state index in [0.717, 1.165) is 31.2 Å². The van der Waals surface area contributed by atoms with Gasteiger partial charge in [-0.1, -0.05) is 48.5 Å². The van der Waals surface area contributed by atoms with Crippen LogP contribution in [-0.2, 0) is 11.2 Å².